The first kappa shape index (κ1) is 14.4. The van der Waals surface area contributed by atoms with Crippen LogP contribution in [0.2, 0.25) is 5.02 Å². The van der Waals surface area contributed by atoms with E-state index in [1.165, 1.54) is 0 Å². The third kappa shape index (κ3) is 3.51. The first-order chi connectivity index (χ1) is 9.74. The van der Waals surface area contributed by atoms with Gasteiger partial charge in [0.1, 0.15) is 5.75 Å². The average molecular weight is 288 g/mol. The fourth-order valence-electron chi connectivity index (χ4n) is 1.80. The molecule has 0 unspecified atom stereocenters. The molecule has 0 bridgehead atoms. The zero-order valence-corrected chi connectivity index (χ0v) is 11.9. The second-order valence-corrected chi connectivity index (χ2v) is 4.52. The Morgan fingerprint density at radius 1 is 1.20 bits per heavy atom. The van der Waals surface area contributed by atoms with Crippen molar-refractivity contribution in [3.05, 3.63) is 53.1 Å². The maximum Gasteiger partial charge on any atom is 0.189 e. The zero-order chi connectivity index (χ0) is 14.4. The molecule has 102 valence electrons. The summed E-state index contributed by atoms with van der Waals surface area (Å²) in [6.07, 6.45) is 0. The lowest BCUT2D eigenvalue weighted by Crippen LogP contribution is -2.03. The van der Waals surface area contributed by atoms with E-state index in [-0.39, 0.29) is 6.79 Å². The second-order valence-electron chi connectivity index (χ2n) is 4.09. The summed E-state index contributed by atoms with van der Waals surface area (Å²) in [6, 6.07) is 14.8. The van der Waals surface area contributed by atoms with Gasteiger partial charge in [-0.25, -0.2) is 0 Å². The van der Waals surface area contributed by atoms with Gasteiger partial charge in [0, 0.05) is 17.2 Å². The fraction of sp³-hybridized carbons (Fsp3) is 0.188. The van der Waals surface area contributed by atoms with E-state index in [1.54, 1.807) is 24.3 Å². The van der Waals surface area contributed by atoms with E-state index < -0.39 is 0 Å². The van der Waals surface area contributed by atoms with Gasteiger partial charge in [-0.3, -0.25) is 0 Å². The van der Waals surface area contributed by atoms with Gasteiger partial charge in [0.15, 0.2) is 6.79 Å². The molecule has 20 heavy (non-hydrogen) atoms. The number of rotatable bonds is 5. The minimum absolute atomic E-state index is 0.177. The van der Waals surface area contributed by atoms with Crippen LogP contribution in [0.25, 0.3) is 11.1 Å². The smallest absolute Gasteiger partial charge is 0.189 e. The Hall–Kier alpha value is -2.02. The summed E-state index contributed by atoms with van der Waals surface area (Å²) >= 11 is 6.02. The highest BCUT2D eigenvalue weighted by molar-refractivity contribution is 6.30. The van der Waals surface area contributed by atoms with Crippen molar-refractivity contribution >= 4 is 11.6 Å². The van der Waals surface area contributed by atoms with Crippen molar-refractivity contribution < 1.29 is 9.47 Å². The van der Waals surface area contributed by atoms with Crippen LogP contribution in [0.3, 0.4) is 0 Å². The molecule has 2 aromatic carbocycles. The highest BCUT2D eigenvalue weighted by atomic mass is 35.5. The van der Waals surface area contributed by atoms with Crippen LogP contribution in [0.5, 0.6) is 5.75 Å². The molecule has 2 aromatic rings. The van der Waals surface area contributed by atoms with Gasteiger partial charge in [-0.2, -0.15) is 5.26 Å². The number of halogens is 1. The van der Waals surface area contributed by atoms with Gasteiger partial charge < -0.3 is 9.47 Å². The number of ether oxygens (including phenoxy) is 2. The maximum atomic E-state index is 9.03. The quantitative estimate of drug-likeness (QED) is 0.610. The summed E-state index contributed by atoms with van der Waals surface area (Å²) in [5, 5.41) is 9.67. The van der Waals surface area contributed by atoms with Gasteiger partial charge in [-0.05, 0) is 42.8 Å². The fourth-order valence-corrected chi connectivity index (χ4v) is 1.99. The normalized spacial score (nSPS) is 10.1. The molecule has 0 spiro atoms. The van der Waals surface area contributed by atoms with E-state index in [1.807, 2.05) is 25.1 Å². The van der Waals surface area contributed by atoms with Crippen LogP contribution in [0.15, 0.2) is 42.5 Å². The molecule has 0 saturated heterocycles. The Morgan fingerprint density at radius 2 is 2.05 bits per heavy atom. The lowest BCUT2D eigenvalue weighted by Gasteiger charge is -2.12. The molecule has 0 aliphatic heterocycles. The van der Waals surface area contributed by atoms with Crippen LogP contribution >= 0.6 is 11.6 Å². The molecule has 2 rings (SSSR count). The van der Waals surface area contributed by atoms with Gasteiger partial charge in [-0.15, -0.1) is 0 Å². The molecule has 0 aliphatic carbocycles. The van der Waals surface area contributed by atoms with Gasteiger partial charge in [-0.1, -0.05) is 23.7 Å². The lowest BCUT2D eigenvalue weighted by molar-refractivity contribution is 0.0227. The standard InChI is InChI=1S/C16H14ClNO2/c1-2-19-11-20-16-7-6-12(10-18)8-15(16)13-4-3-5-14(17)9-13/h3-9H,2,11H2,1H3. The summed E-state index contributed by atoms with van der Waals surface area (Å²) in [7, 11) is 0. The predicted octanol–water partition coefficient (Wildman–Crippen LogP) is 4.25. The SMILES string of the molecule is CCOCOc1ccc(C#N)cc1-c1cccc(Cl)c1. The second kappa shape index (κ2) is 6.95. The molecule has 0 atom stereocenters. The van der Waals surface area contributed by atoms with E-state index in [9.17, 15) is 0 Å². The minimum atomic E-state index is 0.177. The van der Waals surface area contributed by atoms with Crippen molar-refractivity contribution in [3.8, 4) is 22.9 Å². The van der Waals surface area contributed by atoms with Crippen LogP contribution < -0.4 is 4.74 Å². The van der Waals surface area contributed by atoms with Gasteiger partial charge in [0.05, 0.1) is 11.6 Å². The molecule has 0 radical (unpaired) electrons. The van der Waals surface area contributed by atoms with Crippen LogP contribution in [-0.4, -0.2) is 13.4 Å². The maximum absolute atomic E-state index is 9.03. The number of hydrogen-bond donors (Lipinski definition) is 0. The summed E-state index contributed by atoms with van der Waals surface area (Å²) < 4.78 is 10.8. The molecule has 3 nitrogen and oxygen atoms in total. The van der Waals surface area contributed by atoms with Crippen molar-refractivity contribution in [1.82, 2.24) is 0 Å². The molecular formula is C16H14ClNO2. The molecule has 0 aromatic heterocycles. The molecule has 0 N–H and O–H groups in total. The first-order valence-corrected chi connectivity index (χ1v) is 6.63. The monoisotopic (exact) mass is 287 g/mol. The van der Waals surface area contributed by atoms with Crippen LogP contribution in [0, 0.1) is 11.3 Å². The van der Waals surface area contributed by atoms with Gasteiger partial charge >= 0.3 is 0 Å². The molecular weight excluding hydrogens is 274 g/mol. The molecule has 4 heteroatoms. The van der Waals surface area contributed by atoms with Crippen molar-refractivity contribution in [1.29, 1.82) is 5.26 Å². The van der Waals surface area contributed by atoms with E-state index in [2.05, 4.69) is 6.07 Å². The van der Waals surface area contributed by atoms with Crippen molar-refractivity contribution in [3.63, 3.8) is 0 Å². The largest absolute Gasteiger partial charge is 0.467 e. The Balaban J connectivity index is 2.40. The highest BCUT2D eigenvalue weighted by Crippen LogP contribution is 2.32. The molecule has 0 fully saturated rings. The van der Waals surface area contributed by atoms with Gasteiger partial charge in [0.2, 0.25) is 0 Å². The van der Waals surface area contributed by atoms with E-state index in [4.69, 9.17) is 26.3 Å². The van der Waals surface area contributed by atoms with Crippen LogP contribution in [0.4, 0.5) is 0 Å². The summed E-state index contributed by atoms with van der Waals surface area (Å²) in [4.78, 5) is 0. The molecule has 0 heterocycles. The number of hydrogen-bond acceptors (Lipinski definition) is 3. The topological polar surface area (TPSA) is 42.2 Å². The van der Waals surface area contributed by atoms with E-state index in [0.717, 1.165) is 11.1 Å². The zero-order valence-electron chi connectivity index (χ0n) is 11.1. The van der Waals surface area contributed by atoms with Crippen LogP contribution in [-0.2, 0) is 4.74 Å². The Kier molecular flexibility index (Phi) is 5.00. The lowest BCUT2D eigenvalue weighted by atomic mass is 10.0. The summed E-state index contributed by atoms with van der Waals surface area (Å²) in [5.74, 6) is 0.666. The Bertz CT molecular complexity index is 635. The summed E-state index contributed by atoms with van der Waals surface area (Å²) in [6.45, 7) is 2.67. The number of benzene rings is 2. The Morgan fingerprint density at radius 3 is 2.75 bits per heavy atom. The summed E-state index contributed by atoms with van der Waals surface area (Å²) in [5.41, 5.74) is 2.30. The number of nitrogens with zero attached hydrogens (tertiary/aromatic N) is 1. The average Bonchev–Trinajstić information content (AvgIpc) is 2.48. The molecule has 0 aliphatic rings. The van der Waals surface area contributed by atoms with Crippen molar-refractivity contribution in [2.45, 2.75) is 6.92 Å². The van der Waals surface area contributed by atoms with E-state index in [0.29, 0.717) is 22.9 Å². The molecule has 0 amide bonds. The van der Waals surface area contributed by atoms with Crippen molar-refractivity contribution in [2.75, 3.05) is 13.4 Å². The predicted molar refractivity (Wildman–Crippen MR) is 78.7 cm³/mol. The van der Waals surface area contributed by atoms with Crippen molar-refractivity contribution in [2.24, 2.45) is 0 Å². The van der Waals surface area contributed by atoms with Crippen LogP contribution in [0.1, 0.15) is 12.5 Å². The third-order valence-electron chi connectivity index (χ3n) is 2.75. The first-order valence-electron chi connectivity index (χ1n) is 6.25. The Labute approximate surface area is 123 Å². The molecule has 0 saturated carbocycles. The highest BCUT2D eigenvalue weighted by Gasteiger charge is 2.08. The van der Waals surface area contributed by atoms with Gasteiger partial charge in [0.25, 0.3) is 0 Å². The van der Waals surface area contributed by atoms with E-state index >= 15 is 0 Å². The number of nitriles is 1. The minimum Gasteiger partial charge on any atom is -0.467 e. The third-order valence-corrected chi connectivity index (χ3v) is 2.98.